The first-order valence-electron chi connectivity index (χ1n) is 7.71. The summed E-state index contributed by atoms with van der Waals surface area (Å²) in [5.41, 5.74) is -0.851. The van der Waals surface area contributed by atoms with Gasteiger partial charge in [-0.15, -0.1) is 0 Å². The number of benzene rings is 1. The van der Waals surface area contributed by atoms with Crippen molar-refractivity contribution in [1.29, 1.82) is 0 Å². The van der Waals surface area contributed by atoms with Crippen LogP contribution in [-0.4, -0.2) is 22.3 Å². The molecule has 112 valence electrons. The summed E-state index contributed by atoms with van der Waals surface area (Å²) >= 11 is 0. The van der Waals surface area contributed by atoms with Gasteiger partial charge in [-0.25, -0.2) is 0 Å². The molecule has 2 aliphatic carbocycles. The molecule has 3 rings (SSSR count). The molecule has 0 aromatic heterocycles. The Morgan fingerprint density at radius 3 is 2.52 bits per heavy atom. The van der Waals surface area contributed by atoms with Gasteiger partial charge in [-0.2, -0.15) is 0 Å². The zero-order chi connectivity index (χ0) is 15.3. The average Bonchev–Trinajstić information content (AvgIpc) is 2.70. The van der Waals surface area contributed by atoms with Crippen LogP contribution in [0.15, 0.2) is 30.3 Å². The van der Waals surface area contributed by atoms with E-state index in [-0.39, 0.29) is 17.5 Å². The number of aliphatic hydroxyl groups is 1. The monoisotopic (exact) mass is 286 g/mol. The quantitative estimate of drug-likeness (QED) is 0.909. The topological polar surface area (TPSA) is 54.4 Å². The molecule has 0 unspecified atom stereocenters. The van der Waals surface area contributed by atoms with E-state index in [0.717, 1.165) is 12.0 Å². The zero-order valence-corrected chi connectivity index (χ0v) is 12.6. The maximum atomic E-state index is 12.3. The minimum Gasteiger partial charge on any atom is -0.388 e. The average molecular weight is 286 g/mol. The van der Waals surface area contributed by atoms with Crippen LogP contribution >= 0.6 is 0 Å². The summed E-state index contributed by atoms with van der Waals surface area (Å²) in [5.74, 6) is -0.368. The number of fused-ring (bicyclic) bond motifs is 1. The molecule has 0 saturated heterocycles. The summed E-state index contributed by atoms with van der Waals surface area (Å²) < 4.78 is 0. The molecule has 0 heterocycles. The van der Waals surface area contributed by atoms with Gasteiger partial charge in [-0.3, -0.25) is 9.59 Å². The molecule has 0 spiro atoms. The van der Waals surface area contributed by atoms with Crippen molar-refractivity contribution < 1.29 is 14.7 Å². The van der Waals surface area contributed by atoms with Crippen LogP contribution < -0.4 is 0 Å². The Hall–Kier alpha value is -1.48. The summed E-state index contributed by atoms with van der Waals surface area (Å²) in [6.07, 6.45) is 2.23. The summed E-state index contributed by atoms with van der Waals surface area (Å²) in [4.78, 5) is 24.6. The van der Waals surface area contributed by atoms with Gasteiger partial charge in [0.1, 0.15) is 11.6 Å². The van der Waals surface area contributed by atoms with Gasteiger partial charge in [-0.1, -0.05) is 30.3 Å². The van der Waals surface area contributed by atoms with Crippen LogP contribution in [0.5, 0.6) is 0 Å². The lowest BCUT2D eigenvalue weighted by Crippen LogP contribution is -2.57. The molecule has 0 aliphatic heterocycles. The van der Waals surface area contributed by atoms with Gasteiger partial charge in [0.25, 0.3) is 0 Å². The molecule has 0 bridgehead atoms. The molecule has 0 amide bonds. The number of hydrogen-bond acceptors (Lipinski definition) is 3. The smallest absolute Gasteiger partial charge is 0.141 e. The largest absolute Gasteiger partial charge is 0.388 e. The van der Waals surface area contributed by atoms with E-state index in [9.17, 15) is 14.7 Å². The minimum atomic E-state index is -1.19. The van der Waals surface area contributed by atoms with Gasteiger partial charge in [0.2, 0.25) is 0 Å². The van der Waals surface area contributed by atoms with Gasteiger partial charge < -0.3 is 5.11 Å². The summed E-state index contributed by atoms with van der Waals surface area (Å²) in [6.45, 7) is 3.40. The zero-order valence-electron chi connectivity index (χ0n) is 12.6. The highest BCUT2D eigenvalue weighted by Crippen LogP contribution is 2.59. The highest BCUT2D eigenvalue weighted by molar-refractivity contribution is 5.92. The highest BCUT2D eigenvalue weighted by atomic mass is 16.3. The molecule has 21 heavy (non-hydrogen) atoms. The highest BCUT2D eigenvalue weighted by Gasteiger charge is 2.64. The summed E-state index contributed by atoms with van der Waals surface area (Å²) in [5, 5.41) is 11.3. The van der Waals surface area contributed by atoms with Crippen molar-refractivity contribution in [2.24, 2.45) is 11.3 Å². The Balaban J connectivity index is 2.07. The lowest BCUT2D eigenvalue weighted by molar-refractivity contribution is -0.163. The van der Waals surface area contributed by atoms with Crippen molar-refractivity contribution >= 4 is 11.6 Å². The molecule has 4 atom stereocenters. The number of Topliss-reactive ketones (excluding diaryl/α,β-unsaturated/α-hetero) is 2. The summed E-state index contributed by atoms with van der Waals surface area (Å²) in [7, 11) is 0. The number of rotatable bonds is 2. The number of carbonyl (C=O) groups excluding carboxylic acids is 2. The van der Waals surface area contributed by atoms with Crippen LogP contribution in [0.25, 0.3) is 0 Å². The Labute approximate surface area is 125 Å². The third-order valence-corrected chi connectivity index (χ3v) is 5.84. The van der Waals surface area contributed by atoms with E-state index >= 15 is 0 Å². The Morgan fingerprint density at radius 1 is 1.24 bits per heavy atom. The third kappa shape index (κ3) is 1.90. The SMILES string of the molecule is CC(=O)[C@@H]1[C@@H](c2ccccc2)CC[C@@]2(C)C(=O)CC[C@@]12O. The first kappa shape index (κ1) is 14.5. The fourth-order valence-corrected chi connectivity index (χ4v) is 4.57. The molecular formula is C18H22O3. The van der Waals surface area contributed by atoms with E-state index in [4.69, 9.17) is 0 Å². The fourth-order valence-electron chi connectivity index (χ4n) is 4.57. The van der Waals surface area contributed by atoms with Crippen LogP contribution in [0, 0.1) is 11.3 Å². The second kappa shape index (κ2) is 4.77. The van der Waals surface area contributed by atoms with Crippen LogP contribution in [0.4, 0.5) is 0 Å². The predicted octanol–water partition coefficient (Wildman–Crippen LogP) is 2.87. The van der Waals surface area contributed by atoms with Crippen LogP contribution in [0.1, 0.15) is 51.0 Å². The molecule has 1 N–H and O–H groups in total. The van der Waals surface area contributed by atoms with Gasteiger partial charge in [0.05, 0.1) is 16.9 Å². The van der Waals surface area contributed by atoms with Crippen LogP contribution in [-0.2, 0) is 9.59 Å². The Bertz CT molecular complexity index is 579. The minimum absolute atomic E-state index is 0.00711. The van der Waals surface area contributed by atoms with E-state index < -0.39 is 16.9 Å². The van der Waals surface area contributed by atoms with E-state index in [0.29, 0.717) is 19.3 Å². The van der Waals surface area contributed by atoms with Crippen molar-refractivity contribution in [1.82, 2.24) is 0 Å². The molecule has 0 radical (unpaired) electrons. The Morgan fingerprint density at radius 2 is 1.90 bits per heavy atom. The first-order valence-corrected chi connectivity index (χ1v) is 7.71. The predicted molar refractivity (Wildman–Crippen MR) is 79.9 cm³/mol. The second-order valence-corrected chi connectivity index (χ2v) is 6.82. The Kier molecular flexibility index (Phi) is 3.28. The number of ketones is 2. The maximum absolute atomic E-state index is 12.3. The lowest BCUT2D eigenvalue weighted by Gasteiger charge is -2.50. The van der Waals surface area contributed by atoms with Crippen molar-refractivity contribution in [3.63, 3.8) is 0 Å². The van der Waals surface area contributed by atoms with Gasteiger partial charge in [-0.05, 0) is 44.6 Å². The maximum Gasteiger partial charge on any atom is 0.141 e. The van der Waals surface area contributed by atoms with Crippen molar-refractivity contribution in [3.05, 3.63) is 35.9 Å². The number of hydrogen-bond donors (Lipinski definition) is 1. The van der Waals surface area contributed by atoms with E-state index in [1.807, 2.05) is 37.3 Å². The molecule has 1 aromatic rings. The van der Waals surface area contributed by atoms with E-state index in [1.54, 1.807) is 6.92 Å². The standard InChI is InChI=1S/C18H22O3/c1-12(19)16-14(13-6-4-3-5-7-13)8-10-17(2)15(20)9-11-18(16,17)21/h3-7,14,16,21H,8-11H2,1-2H3/t14-,16-,17+,18-/m1/s1. The van der Waals surface area contributed by atoms with E-state index in [2.05, 4.69) is 0 Å². The first-order chi connectivity index (χ1) is 9.90. The van der Waals surface area contributed by atoms with Crippen molar-refractivity contribution in [2.45, 2.75) is 51.0 Å². The fraction of sp³-hybridized carbons (Fsp3) is 0.556. The summed E-state index contributed by atoms with van der Waals surface area (Å²) in [6, 6.07) is 9.91. The van der Waals surface area contributed by atoms with Crippen molar-refractivity contribution in [2.75, 3.05) is 0 Å². The molecule has 2 saturated carbocycles. The molecule has 3 nitrogen and oxygen atoms in total. The molecule has 3 heteroatoms. The molecule has 1 aromatic carbocycles. The van der Waals surface area contributed by atoms with Gasteiger partial charge in [0.15, 0.2) is 0 Å². The van der Waals surface area contributed by atoms with E-state index in [1.165, 1.54) is 0 Å². The lowest BCUT2D eigenvalue weighted by atomic mass is 9.55. The molecular weight excluding hydrogens is 264 g/mol. The molecule has 2 fully saturated rings. The third-order valence-electron chi connectivity index (χ3n) is 5.84. The van der Waals surface area contributed by atoms with Crippen LogP contribution in [0.2, 0.25) is 0 Å². The van der Waals surface area contributed by atoms with Gasteiger partial charge >= 0.3 is 0 Å². The van der Waals surface area contributed by atoms with Crippen LogP contribution in [0.3, 0.4) is 0 Å². The number of carbonyl (C=O) groups is 2. The normalized spacial score (nSPS) is 39.1. The van der Waals surface area contributed by atoms with Gasteiger partial charge in [0, 0.05) is 6.42 Å². The second-order valence-electron chi connectivity index (χ2n) is 6.82. The molecule has 2 aliphatic rings. The van der Waals surface area contributed by atoms with Crippen molar-refractivity contribution in [3.8, 4) is 0 Å².